The van der Waals surface area contributed by atoms with Crippen LogP contribution in [-0.4, -0.2) is 48.9 Å². The summed E-state index contributed by atoms with van der Waals surface area (Å²) in [6.07, 6.45) is 11.1. The second-order valence-corrected chi connectivity index (χ2v) is 7.20. The highest BCUT2D eigenvalue weighted by molar-refractivity contribution is 5.69. The van der Waals surface area contributed by atoms with Gasteiger partial charge in [0.25, 0.3) is 0 Å². The summed E-state index contributed by atoms with van der Waals surface area (Å²) in [5.74, 6) is -0.260. The lowest BCUT2D eigenvalue weighted by atomic mass is 10.1. The van der Waals surface area contributed by atoms with Gasteiger partial charge in [-0.3, -0.25) is 4.65 Å². The third-order valence-electron chi connectivity index (χ3n) is 4.46. The monoisotopic (exact) mass is 330 g/mol. The van der Waals surface area contributed by atoms with E-state index < -0.39 is 9.29 Å². The number of amides is 1. The number of unbranched alkanes of at least 4 members (excludes halogenated alkanes) is 8. The minimum Gasteiger partial charge on any atom is -0.633 e. The first-order chi connectivity index (χ1) is 10.7. The lowest BCUT2D eigenvalue weighted by Gasteiger charge is -2.42. The number of rotatable bonds is 14. The summed E-state index contributed by atoms with van der Waals surface area (Å²) < 4.78 is -1.37. The van der Waals surface area contributed by atoms with Gasteiger partial charge in [-0.15, -0.1) is 0 Å². The molecule has 0 fully saturated rings. The van der Waals surface area contributed by atoms with Crippen LogP contribution in [0.1, 0.15) is 78.1 Å². The smallest absolute Gasteiger partial charge is 0.313 e. The van der Waals surface area contributed by atoms with Gasteiger partial charge >= 0.3 is 5.91 Å². The molecule has 0 saturated carbocycles. The van der Waals surface area contributed by atoms with Gasteiger partial charge in [-0.25, -0.2) is 4.79 Å². The van der Waals surface area contributed by atoms with Gasteiger partial charge < -0.3 is 15.1 Å². The van der Waals surface area contributed by atoms with Gasteiger partial charge in [-0.05, 0) is 13.3 Å². The summed E-state index contributed by atoms with van der Waals surface area (Å²) in [4.78, 5) is 12.2. The fourth-order valence-electron chi connectivity index (χ4n) is 2.65. The van der Waals surface area contributed by atoms with Crippen LogP contribution < -0.4 is 0 Å². The first-order valence-corrected chi connectivity index (χ1v) is 9.40. The number of carbonyl (C=O) groups excluding carboxylic acids is 1. The molecule has 1 unspecified atom stereocenters. The van der Waals surface area contributed by atoms with Gasteiger partial charge in [0.05, 0.1) is 27.1 Å². The van der Waals surface area contributed by atoms with Gasteiger partial charge in [-0.1, -0.05) is 58.3 Å². The molecule has 0 aromatic heterocycles. The maximum Gasteiger partial charge on any atom is 0.313 e. The quantitative estimate of drug-likeness (QED) is 0.270. The van der Waals surface area contributed by atoms with E-state index >= 15 is 0 Å². The number of hydroxylamine groups is 6. The third-order valence-corrected chi connectivity index (χ3v) is 4.46. The Morgan fingerprint density at radius 2 is 1.26 bits per heavy atom. The average Bonchev–Trinajstić information content (AvgIpc) is 2.50. The van der Waals surface area contributed by atoms with Crippen molar-refractivity contribution in [1.29, 1.82) is 0 Å². The Balaban J connectivity index is 3.84. The molecule has 0 aliphatic heterocycles. The van der Waals surface area contributed by atoms with Crippen LogP contribution in [0, 0.1) is 10.4 Å². The summed E-state index contributed by atoms with van der Waals surface area (Å²) in [5.41, 5.74) is 0. The lowest BCUT2D eigenvalue weighted by molar-refractivity contribution is -0.882. The Bertz CT molecular complexity index is 316. The van der Waals surface area contributed by atoms with Crippen molar-refractivity contribution in [3.05, 3.63) is 10.4 Å². The zero-order valence-corrected chi connectivity index (χ0v) is 15.8. The highest BCUT2D eigenvalue weighted by atomic mass is 16.6. The SMILES string of the molecule is CCCCCCCCCCCC(=O)[N+]([O-])(CC)CC[N+](C)(C)[O-]. The van der Waals surface area contributed by atoms with Gasteiger partial charge in [-0.2, -0.15) is 0 Å². The maximum atomic E-state index is 12.5. The Morgan fingerprint density at radius 1 is 0.783 bits per heavy atom. The molecule has 138 valence electrons. The van der Waals surface area contributed by atoms with Crippen molar-refractivity contribution in [3.63, 3.8) is 0 Å². The average molecular weight is 331 g/mol. The number of nitrogens with zero attached hydrogens (tertiary/aromatic N) is 2. The molecule has 0 aliphatic rings. The van der Waals surface area contributed by atoms with E-state index in [4.69, 9.17) is 0 Å². The van der Waals surface area contributed by atoms with E-state index in [-0.39, 0.29) is 25.5 Å². The molecule has 23 heavy (non-hydrogen) atoms. The predicted octanol–water partition coefficient (Wildman–Crippen LogP) is 4.34. The predicted molar refractivity (Wildman–Crippen MR) is 96.2 cm³/mol. The first-order valence-electron chi connectivity index (χ1n) is 9.40. The van der Waals surface area contributed by atoms with E-state index in [2.05, 4.69) is 6.92 Å². The third kappa shape index (κ3) is 11.7. The van der Waals surface area contributed by atoms with Crippen molar-refractivity contribution >= 4 is 5.91 Å². The zero-order chi connectivity index (χ0) is 17.8. The number of likely N-dealkylation sites (N-methyl/N-ethyl adjacent to an activating group) is 2. The minimum absolute atomic E-state index is 0.0866. The molecule has 0 aromatic rings. The van der Waals surface area contributed by atoms with E-state index in [0.717, 1.165) is 19.3 Å². The van der Waals surface area contributed by atoms with E-state index in [1.54, 1.807) is 6.92 Å². The number of quaternary nitrogens is 2. The molecule has 0 spiro atoms. The molecule has 1 amide bonds. The summed E-state index contributed by atoms with van der Waals surface area (Å²) in [6.45, 7) is 4.44. The molecular formula is C18H38N2O3. The van der Waals surface area contributed by atoms with Gasteiger partial charge in [0.2, 0.25) is 0 Å². The van der Waals surface area contributed by atoms with Crippen LogP contribution in [0.5, 0.6) is 0 Å². The lowest BCUT2D eigenvalue weighted by Crippen LogP contribution is -2.53. The Labute approximate surface area is 143 Å². The molecule has 5 heteroatoms. The molecule has 0 saturated heterocycles. The molecule has 0 aromatic carbocycles. The minimum atomic E-state index is -0.846. The van der Waals surface area contributed by atoms with Gasteiger partial charge in [0.1, 0.15) is 13.1 Å². The number of hydrogen-bond acceptors (Lipinski definition) is 3. The molecule has 0 aliphatic carbocycles. The van der Waals surface area contributed by atoms with E-state index in [9.17, 15) is 15.2 Å². The second kappa shape index (κ2) is 12.0. The largest absolute Gasteiger partial charge is 0.633 e. The van der Waals surface area contributed by atoms with Gasteiger partial charge in [0.15, 0.2) is 0 Å². The highest BCUT2D eigenvalue weighted by Gasteiger charge is 2.26. The molecule has 5 nitrogen and oxygen atoms in total. The van der Waals surface area contributed by atoms with E-state index in [1.165, 1.54) is 52.6 Å². The summed E-state index contributed by atoms with van der Waals surface area (Å²) >= 11 is 0. The van der Waals surface area contributed by atoms with Gasteiger partial charge in [0, 0.05) is 0 Å². The summed E-state index contributed by atoms with van der Waals surface area (Å²) in [6, 6.07) is 0. The standard InChI is InChI=1S/C18H38N2O3/c1-5-7-8-9-10-11-12-13-14-15-18(21)20(23,6-2)17-16-19(3,4)22/h5-17H2,1-4H3. The normalized spacial score (nSPS) is 14.7. The summed E-state index contributed by atoms with van der Waals surface area (Å²) in [5, 5.41) is 24.1. The number of hydrogen-bond donors (Lipinski definition) is 0. The zero-order valence-electron chi connectivity index (χ0n) is 15.8. The van der Waals surface area contributed by atoms with Crippen molar-refractivity contribution in [3.8, 4) is 0 Å². The summed E-state index contributed by atoms with van der Waals surface area (Å²) in [7, 11) is 3.01. The van der Waals surface area contributed by atoms with Crippen molar-refractivity contribution < 1.29 is 14.1 Å². The van der Waals surface area contributed by atoms with Crippen molar-refractivity contribution in [2.24, 2.45) is 0 Å². The van der Waals surface area contributed by atoms with Crippen LogP contribution in [-0.2, 0) is 4.79 Å². The van der Waals surface area contributed by atoms with Crippen LogP contribution in [0.3, 0.4) is 0 Å². The second-order valence-electron chi connectivity index (χ2n) is 7.20. The van der Waals surface area contributed by atoms with Crippen molar-refractivity contribution in [2.45, 2.75) is 78.1 Å². The Kier molecular flexibility index (Phi) is 11.7. The highest BCUT2D eigenvalue weighted by Crippen LogP contribution is 2.14. The molecule has 0 N–H and O–H groups in total. The fourth-order valence-corrected chi connectivity index (χ4v) is 2.65. The van der Waals surface area contributed by atoms with Crippen LogP contribution in [0.15, 0.2) is 0 Å². The van der Waals surface area contributed by atoms with E-state index in [0.29, 0.717) is 6.42 Å². The Hall–Kier alpha value is -0.490. The first kappa shape index (κ1) is 22.5. The maximum absolute atomic E-state index is 12.5. The fraction of sp³-hybridized carbons (Fsp3) is 0.944. The molecule has 0 radical (unpaired) electrons. The van der Waals surface area contributed by atoms with Crippen molar-refractivity contribution in [2.75, 3.05) is 33.7 Å². The molecule has 0 bridgehead atoms. The van der Waals surface area contributed by atoms with Crippen LogP contribution in [0.4, 0.5) is 0 Å². The molecule has 1 atom stereocenters. The van der Waals surface area contributed by atoms with Crippen LogP contribution in [0.25, 0.3) is 0 Å². The van der Waals surface area contributed by atoms with Crippen molar-refractivity contribution in [1.82, 2.24) is 0 Å². The number of carbonyl (C=O) groups is 1. The van der Waals surface area contributed by atoms with E-state index in [1.807, 2.05) is 0 Å². The molecular weight excluding hydrogens is 292 g/mol. The topological polar surface area (TPSA) is 63.2 Å². The molecule has 0 rings (SSSR count). The van der Waals surface area contributed by atoms with Crippen LogP contribution >= 0.6 is 0 Å². The van der Waals surface area contributed by atoms with Crippen LogP contribution in [0.2, 0.25) is 0 Å². The molecule has 0 heterocycles. The Morgan fingerprint density at radius 3 is 1.70 bits per heavy atom.